The minimum absolute atomic E-state index is 0.169. The summed E-state index contributed by atoms with van der Waals surface area (Å²) in [6, 6.07) is 0. The summed E-state index contributed by atoms with van der Waals surface area (Å²) in [6.07, 6.45) is 3.01. The molecule has 96 valence electrons. The van der Waals surface area contributed by atoms with Gasteiger partial charge in [0.25, 0.3) is 0 Å². The van der Waals surface area contributed by atoms with E-state index in [1.165, 1.54) is 7.11 Å². The molecule has 1 aliphatic heterocycles. The standard InChI is InChI=1S/C12H20N2O3/c1-3-4-5-11(15)14-8-6-13(7-9-14)10-12(16)17-2/h3H,1,4-10H2,2H3. The quantitative estimate of drug-likeness (QED) is 0.511. The maximum absolute atomic E-state index is 11.7. The average Bonchev–Trinajstić information content (AvgIpc) is 2.36. The molecule has 0 atom stereocenters. The molecule has 1 heterocycles. The Balaban J connectivity index is 2.27. The molecule has 1 fully saturated rings. The fourth-order valence-corrected chi connectivity index (χ4v) is 1.79. The normalized spacial score (nSPS) is 16.6. The third-order valence-electron chi connectivity index (χ3n) is 2.87. The zero-order valence-electron chi connectivity index (χ0n) is 10.4. The van der Waals surface area contributed by atoms with Gasteiger partial charge in [0.1, 0.15) is 0 Å². The number of nitrogens with zero attached hydrogens (tertiary/aromatic N) is 2. The van der Waals surface area contributed by atoms with Crippen LogP contribution in [-0.4, -0.2) is 61.5 Å². The number of hydrogen-bond donors (Lipinski definition) is 0. The van der Waals surface area contributed by atoms with Crippen LogP contribution >= 0.6 is 0 Å². The van der Waals surface area contributed by atoms with Crippen molar-refractivity contribution in [3.63, 3.8) is 0 Å². The van der Waals surface area contributed by atoms with E-state index in [-0.39, 0.29) is 11.9 Å². The van der Waals surface area contributed by atoms with Crippen molar-refractivity contribution >= 4 is 11.9 Å². The van der Waals surface area contributed by atoms with E-state index >= 15 is 0 Å². The Labute approximate surface area is 102 Å². The Morgan fingerprint density at radius 2 is 1.94 bits per heavy atom. The van der Waals surface area contributed by atoms with E-state index in [0.717, 1.165) is 19.5 Å². The topological polar surface area (TPSA) is 49.9 Å². The number of methoxy groups -OCH3 is 1. The Kier molecular flexibility index (Phi) is 5.69. The first kappa shape index (κ1) is 13.7. The number of rotatable bonds is 5. The zero-order valence-corrected chi connectivity index (χ0v) is 10.4. The van der Waals surface area contributed by atoms with Crippen molar-refractivity contribution in [2.24, 2.45) is 0 Å². The van der Waals surface area contributed by atoms with Gasteiger partial charge in [0.2, 0.25) is 5.91 Å². The lowest BCUT2D eigenvalue weighted by Gasteiger charge is -2.34. The molecule has 5 nitrogen and oxygen atoms in total. The summed E-state index contributed by atoms with van der Waals surface area (Å²) in [7, 11) is 1.39. The van der Waals surface area contributed by atoms with E-state index in [1.54, 1.807) is 6.08 Å². The van der Waals surface area contributed by atoms with Crippen LogP contribution in [0.2, 0.25) is 0 Å². The predicted molar refractivity (Wildman–Crippen MR) is 64.5 cm³/mol. The second-order valence-electron chi connectivity index (χ2n) is 4.06. The molecule has 0 bridgehead atoms. The molecule has 0 aromatic heterocycles. The van der Waals surface area contributed by atoms with Gasteiger partial charge in [-0.25, -0.2) is 0 Å². The molecule has 0 radical (unpaired) electrons. The molecule has 0 aromatic carbocycles. The maximum Gasteiger partial charge on any atom is 0.319 e. The van der Waals surface area contributed by atoms with Crippen LogP contribution in [0.5, 0.6) is 0 Å². The summed E-state index contributed by atoms with van der Waals surface area (Å²) in [6.45, 7) is 6.75. The molecule has 0 aromatic rings. The summed E-state index contributed by atoms with van der Waals surface area (Å²) < 4.78 is 4.61. The molecule has 1 amide bonds. The highest BCUT2D eigenvalue weighted by Crippen LogP contribution is 2.05. The highest BCUT2D eigenvalue weighted by Gasteiger charge is 2.21. The molecule has 0 saturated carbocycles. The molecular formula is C12H20N2O3. The first-order valence-corrected chi connectivity index (χ1v) is 5.85. The van der Waals surface area contributed by atoms with Crippen LogP contribution in [0.1, 0.15) is 12.8 Å². The molecule has 0 spiro atoms. The van der Waals surface area contributed by atoms with Crippen LogP contribution in [0, 0.1) is 0 Å². The van der Waals surface area contributed by atoms with E-state index < -0.39 is 0 Å². The van der Waals surface area contributed by atoms with Crippen LogP contribution < -0.4 is 0 Å². The Hall–Kier alpha value is -1.36. The molecule has 1 aliphatic rings. The maximum atomic E-state index is 11.7. The minimum atomic E-state index is -0.226. The number of ether oxygens (including phenoxy) is 1. The molecule has 1 rings (SSSR count). The Bertz CT molecular complexity index is 283. The number of carbonyl (C=O) groups excluding carboxylic acids is 2. The van der Waals surface area contributed by atoms with Crippen LogP contribution in [0.25, 0.3) is 0 Å². The van der Waals surface area contributed by atoms with E-state index in [4.69, 9.17) is 0 Å². The predicted octanol–water partition coefficient (Wildman–Crippen LogP) is 0.270. The summed E-state index contributed by atoms with van der Waals surface area (Å²) in [5, 5.41) is 0. The third-order valence-corrected chi connectivity index (χ3v) is 2.87. The van der Waals surface area contributed by atoms with Crippen molar-refractivity contribution in [2.45, 2.75) is 12.8 Å². The van der Waals surface area contributed by atoms with Gasteiger partial charge in [-0.3, -0.25) is 14.5 Å². The Morgan fingerprint density at radius 1 is 1.29 bits per heavy atom. The first-order chi connectivity index (χ1) is 8.17. The zero-order chi connectivity index (χ0) is 12.7. The number of carbonyl (C=O) groups is 2. The molecule has 0 unspecified atom stereocenters. The van der Waals surface area contributed by atoms with Gasteiger partial charge in [-0.15, -0.1) is 6.58 Å². The minimum Gasteiger partial charge on any atom is -0.468 e. The van der Waals surface area contributed by atoms with Crippen molar-refractivity contribution < 1.29 is 14.3 Å². The van der Waals surface area contributed by atoms with Gasteiger partial charge in [-0.2, -0.15) is 0 Å². The second-order valence-corrected chi connectivity index (χ2v) is 4.06. The molecule has 1 saturated heterocycles. The number of hydrogen-bond acceptors (Lipinski definition) is 4. The molecule has 0 aliphatic carbocycles. The van der Waals surface area contributed by atoms with Gasteiger partial charge >= 0.3 is 5.97 Å². The smallest absolute Gasteiger partial charge is 0.319 e. The molecule has 17 heavy (non-hydrogen) atoms. The van der Waals surface area contributed by atoms with Gasteiger partial charge < -0.3 is 9.64 Å². The lowest BCUT2D eigenvalue weighted by atomic mass is 10.2. The number of allylic oxidation sites excluding steroid dienone is 1. The number of esters is 1. The summed E-state index contributed by atoms with van der Waals surface area (Å²) >= 11 is 0. The third kappa shape index (κ3) is 4.56. The van der Waals surface area contributed by atoms with Crippen molar-refractivity contribution in [1.82, 2.24) is 9.80 Å². The summed E-state index contributed by atoms with van der Waals surface area (Å²) in [5.74, 6) is -0.0564. The van der Waals surface area contributed by atoms with Gasteiger partial charge in [0, 0.05) is 32.6 Å². The van der Waals surface area contributed by atoms with Crippen molar-refractivity contribution in [3.8, 4) is 0 Å². The van der Waals surface area contributed by atoms with Crippen LogP contribution in [0.15, 0.2) is 12.7 Å². The largest absolute Gasteiger partial charge is 0.468 e. The fourth-order valence-electron chi connectivity index (χ4n) is 1.79. The van der Waals surface area contributed by atoms with E-state index in [2.05, 4.69) is 11.3 Å². The summed E-state index contributed by atoms with van der Waals surface area (Å²) in [4.78, 5) is 26.6. The molecular weight excluding hydrogens is 220 g/mol. The highest BCUT2D eigenvalue weighted by molar-refractivity contribution is 5.76. The van der Waals surface area contributed by atoms with Crippen molar-refractivity contribution in [2.75, 3.05) is 39.8 Å². The van der Waals surface area contributed by atoms with Crippen LogP contribution in [0.3, 0.4) is 0 Å². The van der Waals surface area contributed by atoms with Gasteiger partial charge in [-0.05, 0) is 6.42 Å². The Morgan fingerprint density at radius 3 is 2.47 bits per heavy atom. The fraction of sp³-hybridized carbons (Fsp3) is 0.667. The molecule has 0 N–H and O–H groups in total. The van der Waals surface area contributed by atoms with Gasteiger partial charge in [0.05, 0.1) is 13.7 Å². The van der Waals surface area contributed by atoms with E-state index in [9.17, 15) is 9.59 Å². The van der Waals surface area contributed by atoms with Crippen LogP contribution in [-0.2, 0) is 14.3 Å². The summed E-state index contributed by atoms with van der Waals surface area (Å²) in [5.41, 5.74) is 0. The molecule has 5 heteroatoms. The first-order valence-electron chi connectivity index (χ1n) is 5.85. The second kappa shape index (κ2) is 7.06. The van der Waals surface area contributed by atoms with E-state index in [1.807, 2.05) is 9.80 Å². The number of piperazine rings is 1. The van der Waals surface area contributed by atoms with Crippen molar-refractivity contribution in [1.29, 1.82) is 0 Å². The highest BCUT2D eigenvalue weighted by atomic mass is 16.5. The van der Waals surface area contributed by atoms with Gasteiger partial charge in [0.15, 0.2) is 0 Å². The lowest BCUT2D eigenvalue weighted by molar-refractivity contribution is -0.142. The SMILES string of the molecule is C=CCCC(=O)N1CCN(CC(=O)OC)CC1. The lowest BCUT2D eigenvalue weighted by Crippen LogP contribution is -2.49. The van der Waals surface area contributed by atoms with Crippen LogP contribution in [0.4, 0.5) is 0 Å². The number of amides is 1. The monoisotopic (exact) mass is 240 g/mol. The van der Waals surface area contributed by atoms with E-state index in [0.29, 0.717) is 26.1 Å². The van der Waals surface area contributed by atoms with Gasteiger partial charge in [-0.1, -0.05) is 6.08 Å². The van der Waals surface area contributed by atoms with Crippen molar-refractivity contribution in [3.05, 3.63) is 12.7 Å². The average molecular weight is 240 g/mol.